The molecule has 0 aliphatic rings. The largest absolute Gasteiger partial charge is 0.493 e. The molecule has 0 heterocycles. The maximum Gasteiger partial charge on any atom is 0.123 e. The molecule has 1 aromatic rings. The number of nitrogens with one attached hydrogen (secondary N) is 1. The predicted octanol–water partition coefficient (Wildman–Crippen LogP) is 3.53. The van der Waals surface area contributed by atoms with Crippen LogP contribution in [-0.2, 0) is 4.74 Å². The summed E-state index contributed by atoms with van der Waals surface area (Å²) in [5.41, 5.74) is 7.80. The molecule has 20 heavy (non-hydrogen) atoms. The number of nitrogen functional groups attached to an aromatic ring is 1. The minimum absolute atomic E-state index is 0.172. The van der Waals surface area contributed by atoms with E-state index in [9.17, 15) is 0 Å². The highest BCUT2D eigenvalue weighted by atomic mass is 16.5. The van der Waals surface area contributed by atoms with Gasteiger partial charge in [0.05, 0.1) is 6.61 Å². The first-order valence-electron chi connectivity index (χ1n) is 7.23. The fourth-order valence-electron chi connectivity index (χ4n) is 1.84. The van der Waals surface area contributed by atoms with Crippen molar-refractivity contribution in [3.05, 3.63) is 18.2 Å². The summed E-state index contributed by atoms with van der Waals surface area (Å²) in [6, 6.07) is 5.79. The quantitative estimate of drug-likeness (QED) is 0.679. The fraction of sp³-hybridized carbons (Fsp3) is 0.625. The average molecular weight is 280 g/mol. The van der Waals surface area contributed by atoms with Crippen molar-refractivity contribution in [1.82, 2.24) is 0 Å². The molecule has 0 fully saturated rings. The fourth-order valence-corrected chi connectivity index (χ4v) is 1.84. The van der Waals surface area contributed by atoms with Crippen molar-refractivity contribution in [1.29, 1.82) is 0 Å². The van der Waals surface area contributed by atoms with Crippen molar-refractivity contribution in [3.8, 4) is 5.75 Å². The molecule has 4 nitrogen and oxygen atoms in total. The number of benzene rings is 1. The zero-order valence-electron chi connectivity index (χ0n) is 13.2. The van der Waals surface area contributed by atoms with E-state index in [0.29, 0.717) is 6.61 Å². The summed E-state index contributed by atoms with van der Waals surface area (Å²) >= 11 is 0. The van der Waals surface area contributed by atoms with E-state index >= 15 is 0 Å². The number of anilines is 2. The van der Waals surface area contributed by atoms with Crippen LogP contribution in [0, 0.1) is 5.41 Å². The molecule has 0 aromatic heterocycles. The summed E-state index contributed by atoms with van der Waals surface area (Å²) in [5.74, 6) is 0.823. The highest BCUT2D eigenvalue weighted by Gasteiger charge is 2.17. The molecule has 114 valence electrons. The molecule has 0 bridgehead atoms. The summed E-state index contributed by atoms with van der Waals surface area (Å²) < 4.78 is 10.8. The van der Waals surface area contributed by atoms with Gasteiger partial charge in [-0.05, 0) is 24.3 Å². The maximum atomic E-state index is 5.91. The van der Waals surface area contributed by atoms with Gasteiger partial charge in [-0.15, -0.1) is 0 Å². The SMILES string of the molecule is CCCOc1cc(N)cc(NCC(C)(C)CCOC)c1. The van der Waals surface area contributed by atoms with Crippen LogP contribution in [0.2, 0.25) is 0 Å². The van der Waals surface area contributed by atoms with E-state index in [2.05, 4.69) is 26.1 Å². The van der Waals surface area contributed by atoms with Gasteiger partial charge in [-0.3, -0.25) is 0 Å². The van der Waals surface area contributed by atoms with Crippen LogP contribution in [0.4, 0.5) is 11.4 Å². The second-order valence-electron chi connectivity index (χ2n) is 5.90. The Bertz CT molecular complexity index is 405. The first kappa shape index (κ1) is 16.6. The second-order valence-corrected chi connectivity index (χ2v) is 5.90. The molecule has 0 aliphatic heterocycles. The molecule has 0 aliphatic carbocycles. The van der Waals surface area contributed by atoms with E-state index in [1.807, 2.05) is 18.2 Å². The molecule has 0 saturated heterocycles. The molecule has 3 N–H and O–H groups in total. The molecule has 0 unspecified atom stereocenters. The van der Waals surface area contributed by atoms with Crippen molar-refractivity contribution in [2.24, 2.45) is 5.41 Å². The third-order valence-electron chi connectivity index (χ3n) is 3.16. The van der Waals surface area contributed by atoms with Crippen molar-refractivity contribution in [2.75, 3.05) is 37.9 Å². The van der Waals surface area contributed by atoms with Gasteiger partial charge in [-0.25, -0.2) is 0 Å². The van der Waals surface area contributed by atoms with Gasteiger partial charge in [0.25, 0.3) is 0 Å². The lowest BCUT2D eigenvalue weighted by Crippen LogP contribution is -2.24. The summed E-state index contributed by atoms with van der Waals surface area (Å²) in [6.45, 7) is 8.88. The molecule has 1 aromatic carbocycles. The molecule has 1 rings (SSSR count). The zero-order chi connectivity index (χ0) is 15.0. The van der Waals surface area contributed by atoms with Gasteiger partial charge < -0.3 is 20.5 Å². The van der Waals surface area contributed by atoms with E-state index < -0.39 is 0 Å². The molecule has 0 saturated carbocycles. The Morgan fingerprint density at radius 2 is 1.95 bits per heavy atom. The normalized spacial score (nSPS) is 11.4. The van der Waals surface area contributed by atoms with E-state index in [1.54, 1.807) is 7.11 Å². The topological polar surface area (TPSA) is 56.5 Å². The van der Waals surface area contributed by atoms with Crippen LogP contribution in [0.15, 0.2) is 18.2 Å². The van der Waals surface area contributed by atoms with Crippen LogP contribution in [0.1, 0.15) is 33.6 Å². The molecule has 0 spiro atoms. The molecule has 4 heteroatoms. The molecule has 0 amide bonds. The first-order chi connectivity index (χ1) is 9.46. The Kier molecular flexibility index (Phi) is 6.65. The van der Waals surface area contributed by atoms with Crippen LogP contribution in [0.3, 0.4) is 0 Å². The monoisotopic (exact) mass is 280 g/mol. The highest BCUT2D eigenvalue weighted by molar-refractivity contribution is 5.59. The zero-order valence-corrected chi connectivity index (χ0v) is 13.2. The van der Waals surface area contributed by atoms with E-state index in [-0.39, 0.29) is 5.41 Å². The highest BCUT2D eigenvalue weighted by Crippen LogP contribution is 2.25. The average Bonchev–Trinajstić information content (AvgIpc) is 2.40. The Balaban J connectivity index is 2.60. The van der Waals surface area contributed by atoms with E-state index in [4.69, 9.17) is 15.2 Å². The van der Waals surface area contributed by atoms with E-state index in [1.165, 1.54) is 0 Å². The number of hydrogen-bond acceptors (Lipinski definition) is 4. The van der Waals surface area contributed by atoms with Crippen LogP contribution < -0.4 is 15.8 Å². The van der Waals surface area contributed by atoms with Gasteiger partial charge in [0.15, 0.2) is 0 Å². The standard InChI is InChI=1S/C16H28N2O2/c1-5-7-20-15-10-13(17)9-14(11-15)18-12-16(2,3)6-8-19-4/h9-11,18H,5-8,12,17H2,1-4H3. The predicted molar refractivity (Wildman–Crippen MR) is 85.4 cm³/mol. The molecule has 0 atom stereocenters. The van der Waals surface area contributed by atoms with Crippen LogP contribution >= 0.6 is 0 Å². The van der Waals surface area contributed by atoms with Crippen LogP contribution in [0.25, 0.3) is 0 Å². The maximum absolute atomic E-state index is 5.91. The molecular weight excluding hydrogens is 252 g/mol. The number of nitrogens with two attached hydrogens (primary N) is 1. The van der Waals surface area contributed by atoms with Crippen LogP contribution in [-0.4, -0.2) is 26.9 Å². The molecule has 0 radical (unpaired) electrons. The van der Waals surface area contributed by atoms with Crippen molar-refractivity contribution in [3.63, 3.8) is 0 Å². The van der Waals surface area contributed by atoms with E-state index in [0.717, 1.165) is 43.1 Å². The number of ether oxygens (including phenoxy) is 2. The third-order valence-corrected chi connectivity index (χ3v) is 3.16. The van der Waals surface area contributed by atoms with Gasteiger partial charge in [-0.2, -0.15) is 0 Å². The first-order valence-corrected chi connectivity index (χ1v) is 7.23. The minimum atomic E-state index is 0.172. The third kappa shape index (κ3) is 6.15. The summed E-state index contributed by atoms with van der Waals surface area (Å²) in [4.78, 5) is 0. The number of rotatable bonds is 9. The Morgan fingerprint density at radius 3 is 2.60 bits per heavy atom. The smallest absolute Gasteiger partial charge is 0.123 e. The lowest BCUT2D eigenvalue weighted by atomic mass is 9.89. The van der Waals surface area contributed by atoms with Gasteiger partial charge >= 0.3 is 0 Å². The second kappa shape index (κ2) is 8.00. The Hall–Kier alpha value is -1.42. The van der Waals surface area contributed by atoms with Crippen molar-refractivity contribution in [2.45, 2.75) is 33.6 Å². The lowest BCUT2D eigenvalue weighted by molar-refractivity contribution is 0.157. The summed E-state index contributed by atoms with van der Waals surface area (Å²) in [7, 11) is 1.73. The lowest BCUT2D eigenvalue weighted by Gasteiger charge is -2.25. The van der Waals surface area contributed by atoms with Gasteiger partial charge in [-0.1, -0.05) is 20.8 Å². The number of hydrogen-bond donors (Lipinski definition) is 2. The van der Waals surface area contributed by atoms with Crippen LogP contribution in [0.5, 0.6) is 5.75 Å². The van der Waals surface area contributed by atoms with Gasteiger partial charge in [0.1, 0.15) is 5.75 Å². The summed E-state index contributed by atoms with van der Waals surface area (Å²) in [5, 5.41) is 3.44. The van der Waals surface area contributed by atoms with Crippen molar-refractivity contribution < 1.29 is 9.47 Å². The van der Waals surface area contributed by atoms with Gasteiger partial charge in [0.2, 0.25) is 0 Å². The Labute approximate surface area is 122 Å². The van der Waals surface area contributed by atoms with Crippen molar-refractivity contribution >= 4 is 11.4 Å². The van der Waals surface area contributed by atoms with Gasteiger partial charge in [0, 0.05) is 43.8 Å². The molecular formula is C16H28N2O2. The number of methoxy groups -OCH3 is 1. The Morgan fingerprint density at radius 1 is 1.20 bits per heavy atom. The summed E-state index contributed by atoms with van der Waals surface area (Å²) in [6.07, 6.45) is 2.00. The minimum Gasteiger partial charge on any atom is -0.493 e.